The summed E-state index contributed by atoms with van der Waals surface area (Å²) in [5, 5.41) is 0. The third kappa shape index (κ3) is 2.96. The second-order valence-electron chi connectivity index (χ2n) is 5.58. The van der Waals surface area contributed by atoms with Crippen molar-refractivity contribution in [2.24, 2.45) is 0 Å². The van der Waals surface area contributed by atoms with Crippen LogP contribution in [0.4, 0.5) is 0 Å². The maximum atomic E-state index is 12.3. The Morgan fingerprint density at radius 1 is 1.05 bits per heavy atom. The molecule has 1 aliphatic rings. The van der Waals surface area contributed by atoms with Gasteiger partial charge in [-0.05, 0) is 49.1 Å². The second kappa shape index (κ2) is 5.66. The van der Waals surface area contributed by atoms with E-state index >= 15 is 0 Å². The first-order chi connectivity index (χ1) is 10.5. The summed E-state index contributed by atoms with van der Waals surface area (Å²) in [6.45, 7) is 1.53. The van der Waals surface area contributed by atoms with Gasteiger partial charge < -0.3 is 0 Å². The van der Waals surface area contributed by atoms with Gasteiger partial charge in [0.05, 0.1) is 4.90 Å². The molecule has 1 N–H and O–H groups in total. The Labute approximate surface area is 130 Å². The number of carbonyl (C=O) groups is 1. The van der Waals surface area contributed by atoms with Crippen molar-refractivity contribution >= 4 is 15.8 Å². The number of benzene rings is 2. The van der Waals surface area contributed by atoms with Crippen molar-refractivity contribution in [2.45, 2.75) is 30.7 Å². The number of hydrogen-bond donors (Lipinski definition) is 1. The van der Waals surface area contributed by atoms with Crippen LogP contribution in [0.15, 0.2) is 53.4 Å². The zero-order chi connectivity index (χ0) is 15.7. The molecule has 0 heterocycles. The highest BCUT2D eigenvalue weighted by Gasteiger charge is 2.26. The molecule has 0 saturated carbocycles. The summed E-state index contributed by atoms with van der Waals surface area (Å²) in [6.07, 6.45) is 1.27. The number of hydrogen-bond acceptors (Lipinski definition) is 3. The number of rotatable bonds is 4. The third-order valence-corrected chi connectivity index (χ3v) is 5.46. The molecule has 0 aromatic heterocycles. The molecule has 0 bridgehead atoms. The van der Waals surface area contributed by atoms with Crippen molar-refractivity contribution in [2.75, 3.05) is 0 Å². The van der Waals surface area contributed by atoms with Gasteiger partial charge in [-0.25, -0.2) is 13.1 Å². The molecule has 0 amide bonds. The number of fused-ring (bicyclic) bond motifs is 1. The Morgan fingerprint density at radius 2 is 1.73 bits per heavy atom. The lowest BCUT2D eigenvalue weighted by Crippen LogP contribution is -2.35. The van der Waals surface area contributed by atoms with Gasteiger partial charge in [0.15, 0.2) is 5.78 Å². The largest absolute Gasteiger partial charge is 0.295 e. The summed E-state index contributed by atoms with van der Waals surface area (Å²) in [4.78, 5) is 11.7. The van der Waals surface area contributed by atoms with Crippen molar-refractivity contribution in [3.05, 3.63) is 65.2 Å². The first kappa shape index (κ1) is 14.9. The van der Waals surface area contributed by atoms with Gasteiger partial charge in [-0.2, -0.15) is 0 Å². The van der Waals surface area contributed by atoms with Gasteiger partial charge in [-0.3, -0.25) is 4.79 Å². The maximum absolute atomic E-state index is 12.3. The average Bonchev–Trinajstić information content (AvgIpc) is 2.88. The highest BCUT2D eigenvalue weighted by atomic mass is 32.2. The first-order valence-corrected chi connectivity index (χ1v) is 8.64. The summed E-state index contributed by atoms with van der Waals surface area (Å²) in [7, 11) is -3.50. The van der Waals surface area contributed by atoms with E-state index in [1.807, 2.05) is 12.1 Å². The zero-order valence-electron chi connectivity index (χ0n) is 12.2. The van der Waals surface area contributed by atoms with Crippen LogP contribution in [-0.2, 0) is 22.9 Å². The topological polar surface area (TPSA) is 63.2 Å². The minimum Gasteiger partial charge on any atom is -0.295 e. The van der Waals surface area contributed by atoms with Gasteiger partial charge in [0, 0.05) is 11.6 Å². The van der Waals surface area contributed by atoms with Gasteiger partial charge in [0.1, 0.15) is 0 Å². The van der Waals surface area contributed by atoms with E-state index in [0.29, 0.717) is 18.4 Å². The fourth-order valence-electron chi connectivity index (χ4n) is 2.81. The van der Waals surface area contributed by atoms with Crippen molar-refractivity contribution in [1.29, 1.82) is 0 Å². The van der Waals surface area contributed by atoms with Crippen LogP contribution >= 0.6 is 0 Å². The van der Waals surface area contributed by atoms with E-state index in [4.69, 9.17) is 0 Å². The van der Waals surface area contributed by atoms with Crippen LogP contribution in [0.25, 0.3) is 0 Å². The predicted molar refractivity (Wildman–Crippen MR) is 84.4 cm³/mol. The molecule has 0 radical (unpaired) electrons. The molecular formula is C17H17NO3S. The Hall–Kier alpha value is -1.98. The Kier molecular flexibility index (Phi) is 3.85. The lowest BCUT2D eigenvalue weighted by Gasteiger charge is -2.12. The van der Waals surface area contributed by atoms with Crippen LogP contribution in [0.2, 0.25) is 0 Å². The van der Waals surface area contributed by atoms with E-state index in [-0.39, 0.29) is 16.7 Å². The molecule has 2 aromatic rings. The van der Waals surface area contributed by atoms with Crippen LogP contribution < -0.4 is 4.72 Å². The van der Waals surface area contributed by atoms with E-state index in [1.165, 1.54) is 6.92 Å². The fraction of sp³-hybridized carbons (Fsp3) is 0.235. The SMILES string of the molecule is CC(=O)c1ccc2c(c1)CC(NS(=O)(=O)c1ccccc1)C2. The summed E-state index contributed by atoms with van der Waals surface area (Å²) in [5.74, 6) is 0.0242. The number of nitrogens with one attached hydrogen (secondary N) is 1. The molecule has 5 heteroatoms. The van der Waals surface area contributed by atoms with Gasteiger partial charge in [-0.15, -0.1) is 0 Å². The lowest BCUT2D eigenvalue weighted by molar-refractivity contribution is 0.101. The summed E-state index contributed by atoms with van der Waals surface area (Å²) >= 11 is 0. The molecule has 1 aliphatic carbocycles. The summed E-state index contributed by atoms with van der Waals surface area (Å²) < 4.78 is 27.5. The van der Waals surface area contributed by atoms with Gasteiger partial charge in [0.25, 0.3) is 0 Å². The lowest BCUT2D eigenvalue weighted by atomic mass is 10.0. The van der Waals surface area contributed by atoms with Gasteiger partial charge >= 0.3 is 0 Å². The van der Waals surface area contributed by atoms with Gasteiger partial charge in [0.2, 0.25) is 10.0 Å². The number of ketones is 1. The fourth-order valence-corrected chi connectivity index (χ4v) is 4.06. The molecule has 114 valence electrons. The van der Waals surface area contributed by atoms with Crippen LogP contribution in [0.5, 0.6) is 0 Å². The summed E-state index contributed by atoms with van der Waals surface area (Å²) in [5.41, 5.74) is 2.82. The molecule has 22 heavy (non-hydrogen) atoms. The van der Waals surface area contributed by atoms with Crippen LogP contribution in [0.3, 0.4) is 0 Å². The average molecular weight is 315 g/mol. The second-order valence-corrected chi connectivity index (χ2v) is 7.29. The summed E-state index contributed by atoms with van der Waals surface area (Å²) in [6, 6.07) is 13.8. The van der Waals surface area contributed by atoms with Crippen molar-refractivity contribution in [1.82, 2.24) is 4.72 Å². The number of carbonyl (C=O) groups excluding carboxylic acids is 1. The highest BCUT2D eigenvalue weighted by molar-refractivity contribution is 7.89. The van der Waals surface area contributed by atoms with Crippen LogP contribution in [0.1, 0.15) is 28.4 Å². The Morgan fingerprint density at radius 3 is 2.41 bits per heavy atom. The van der Waals surface area contributed by atoms with E-state index in [1.54, 1.807) is 36.4 Å². The van der Waals surface area contributed by atoms with Crippen molar-refractivity contribution in [3.8, 4) is 0 Å². The predicted octanol–water partition coefficient (Wildman–Crippen LogP) is 2.33. The molecule has 2 aromatic carbocycles. The molecule has 3 rings (SSSR count). The molecular weight excluding hydrogens is 298 g/mol. The molecule has 0 fully saturated rings. The maximum Gasteiger partial charge on any atom is 0.240 e. The van der Waals surface area contributed by atoms with Crippen molar-refractivity contribution in [3.63, 3.8) is 0 Å². The smallest absolute Gasteiger partial charge is 0.240 e. The van der Waals surface area contributed by atoms with Crippen LogP contribution in [0, 0.1) is 0 Å². The zero-order valence-corrected chi connectivity index (χ0v) is 13.1. The van der Waals surface area contributed by atoms with E-state index in [0.717, 1.165) is 11.1 Å². The van der Waals surface area contributed by atoms with E-state index in [9.17, 15) is 13.2 Å². The normalized spacial score (nSPS) is 17.2. The Bertz CT molecular complexity index is 813. The van der Waals surface area contributed by atoms with E-state index in [2.05, 4.69) is 4.72 Å². The highest BCUT2D eigenvalue weighted by Crippen LogP contribution is 2.25. The molecule has 1 atom stereocenters. The minimum absolute atomic E-state index is 0.0242. The number of Topliss-reactive ketones (excluding diaryl/α,β-unsaturated/α-hetero) is 1. The molecule has 0 saturated heterocycles. The third-order valence-electron chi connectivity index (χ3n) is 3.92. The van der Waals surface area contributed by atoms with Gasteiger partial charge in [-0.1, -0.05) is 30.3 Å². The molecule has 4 nitrogen and oxygen atoms in total. The van der Waals surface area contributed by atoms with Crippen LogP contribution in [-0.4, -0.2) is 20.2 Å². The number of sulfonamides is 1. The standard InChI is InChI=1S/C17H17NO3S/c1-12(19)13-7-8-14-10-16(11-15(14)9-13)18-22(20,21)17-5-3-2-4-6-17/h2-9,16,18H,10-11H2,1H3. The molecule has 0 aliphatic heterocycles. The first-order valence-electron chi connectivity index (χ1n) is 7.16. The monoisotopic (exact) mass is 315 g/mol. The molecule has 0 spiro atoms. The van der Waals surface area contributed by atoms with E-state index < -0.39 is 10.0 Å². The Balaban J connectivity index is 1.78. The molecule has 1 unspecified atom stereocenters. The van der Waals surface area contributed by atoms with Crippen molar-refractivity contribution < 1.29 is 13.2 Å². The quantitative estimate of drug-likeness (QED) is 0.881. The minimum atomic E-state index is -3.50.